The van der Waals surface area contributed by atoms with E-state index in [-0.39, 0.29) is 16.2 Å². The zero-order valence-corrected chi connectivity index (χ0v) is 14.5. The van der Waals surface area contributed by atoms with Crippen molar-refractivity contribution in [2.75, 3.05) is 11.1 Å². The van der Waals surface area contributed by atoms with E-state index in [1.807, 2.05) is 11.4 Å². The number of nitrogens with one attached hydrogen (secondary N) is 1. The molecule has 0 spiro atoms. The third-order valence-corrected chi connectivity index (χ3v) is 5.81. The van der Waals surface area contributed by atoms with Gasteiger partial charge < -0.3 is 0 Å². The largest absolute Gasteiger partial charge is 0.445 e. The van der Waals surface area contributed by atoms with E-state index in [4.69, 9.17) is 0 Å². The first-order valence-electron chi connectivity index (χ1n) is 7.07. The van der Waals surface area contributed by atoms with Crippen molar-refractivity contribution in [3.63, 3.8) is 0 Å². The number of rotatable bonds is 4. The van der Waals surface area contributed by atoms with Gasteiger partial charge in [0.1, 0.15) is 5.75 Å². The van der Waals surface area contributed by atoms with Gasteiger partial charge in [-0.1, -0.05) is 41.7 Å². The maximum atomic E-state index is 12.5. The number of hydrogen-bond donors (Lipinski definition) is 1. The van der Waals surface area contributed by atoms with Crippen molar-refractivity contribution >= 4 is 43.0 Å². The minimum Gasteiger partial charge on any atom is -0.300 e. The standard InChI is InChI=1S/C15H10F3N3O3S2/c16-15(17,18)13-20-21-14(25-13)19-12(22)8-26(23,24)11-6-5-9-3-1-2-4-10(9)7-11/h1-7H,8H2,(H,19,21,22). The first-order valence-corrected chi connectivity index (χ1v) is 9.54. The molecule has 0 aliphatic carbocycles. The van der Waals surface area contributed by atoms with Gasteiger partial charge in [-0.05, 0) is 22.9 Å². The van der Waals surface area contributed by atoms with Gasteiger partial charge in [-0.25, -0.2) is 8.42 Å². The summed E-state index contributed by atoms with van der Waals surface area (Å²) in [5, 5.41) is 7.99. The Bertz CT molecular complexity index is 1080. The smallest absolute Gasteiger partial charge is 0.300 e. The molecule has 0 aliphatic heterocycles. The van der Waals surface area contributed by atoms with E-state index in [9.17, 15) is 26.4 Å². The quantitative estimate of drug-likeness (QED) is 0.726. The van der Waals surface area contributed by atoms with Crippen LogP contribution in [0.1, 0.15) is 5.01 Å². The highest BCUT2D eigenvalue weighted by Gasteiger charge is 2.36. The van der Waals surface area contributed by atoms with Gasteiger partial charge in [0.25, 0.3) is 0 Å². The number of anilines is 1. The average molecular weight is 401 g/mol. The van der Waals surface area contributed by atoms with Crippen LogP contribution in [0, 0.1) is 0 Å². The number of benzene rings is 2. The zero-order chi connectivity index (χ0) is 18.9. The highest BCUT2D eigenvalue weighted by atomic mass is 32.2. The molecular formula is C15H10F3N3O3S2. The van der Waals surface area contributed by atoms with E-state index in [0.29, 0.717) is 5.39 Å². The Hall–Kier alpha value is -2.53. The Morgan fingerprint density at radius 1 is 1.08 bits per heavy atom. The molecule has 0 unspecified atom stereocenters. The highest BCUT2D eigenvalue weighted by molar-refractivity contribution is 7.92. The number of sulfone groups is 1. The van der Waals surface area contributed by atoms with Crippen molar-refractivity contribution < 1.29 is 26.4 Å². The van der Waals surface area contributed by atoms with E-state index in [1.165, 1.54) is 12.1 Å². The van der Waals surface area contributed by atoms with Crippen LogP contribution in [0.3, 0.4) is 0 Å². The lowest BCUT2D eigenvalue weighted by atomic mass is 10.1. The number of nitrogens with zero attached hydrogens (tertiary/aromatic N) is 2. The van der Waals surface area contributed by atoms with Gasteiger partial charge in [0.05, 0.1) is 4.90 Å². The molecule has 0 radical (unpaired) electrons. The summed E-state index contributed by atoms with van der Waals surface area (Å²) in [6, 6.07) is 11.5. The van der Waals surface area contributed by atoms with Crippen LogP contribution in [0.15, 0.2) is 47.4 Å². The molecule has 0 saturated carbocycles. The molecule has 1 aromatic heterocycles. The second-order valence-electron chi connectivity index (χ2n) is 5.23. The summed E-state index contributed by atoms with van der Waals surface area (Å²) in [7, 11) is -3.97. The van der Waals surface area contributed by atoms with Gasteiger partial charge in [-0.15, -0.1) is 10.2 Å². The zero-order valence-electron chi connectivity index (χ0n) is 12.8. The van der Waals surface area contributed by atoms with E-state index >= 15 is 0 Å². The number of halogens is 3. The van der Waals surface area contributed by atoms with E-state index in [0.717, 1.165) is 5.39 Å². The molecule has 1 N–H and O–H groups in total. The molecular weight excluding hydrogens is 391 g/mol. The average Bonchev–Trinajstić information content (AvgIpc) is 3.02. The van der Waals surface area contributed by atoms with Gasteiger partial charge in [0.2, 0.25) is 16.0 Å². The molecule has 3 rings (SSSR count). The molecule has 0 bridgehead atoms. The number of fused-ring (bicyclic) bond motifs is 1. The van der Waals surface area contributed by atoms with E-state index in [1.54, 1.807) is 24.3 Å². The second-order valence-corrected chi connectivity index (χ2v) is 8.19. The molecule has 0 atom stereocenters. The minimum atomic E-state index is -4.68. The molecule has 2 aromatic carbocycles. The van der Waals surface area contributed by atoms with Crippen molar-refractivity contribution in [3.05, 3.63) is 47.5 Å². The van der Waals surface area contributed by atoms with Crippen LogP contribution in [0.2, 0.25) is 0 Å². The van der Waals surface area contributed by atoms with Crippen LogP contribution >= 0.6 is 11.3 Å². The lowest BCUT2D eigenvalue weighted by molar-refractivity contribution is -0.138. The summed E-state index contributed by atoms with van der Waals surface area (Å²) < 4.78 is 62.1. The fourth-order valence-corrected chi connectivity index (χ4v) is 3.95. The van der Waals surface area contributed by atoms with Gasteiger partial charge >= 0.3 is 6.18 Å². The van der Waals surface area contributed by atoms with Crippen LogP contribution in [0.5, 0.6) is 0 Å². The van der Waals surface area contributed by atoms with Gasteiger partial charge in [-0.3, -0.25) is 10.1 Å². The minimum absolute atomic E-state index is 0.0559. The van der Waals surface area contributed by atoms with Crippen molar-refractivity contribution in [3.8, 4) is 0 Å². The highest BCUT2D eigenvalue weighted by Crippen LogP contribution is 2.33. The molecule has 6 nitrogen and oxygen atoms in total. The van der Waals surface area contributed by atoms with Crippen LogP contribution in [0.25, 0.3) is 10.8 Å². The predicted molar refractivity (Wildman–Crippen MR) is 89.5 cm³/mol. The second kappa shape index (κ2) is 6.65. The SMILES string of the molecule is O=C(CS(=O)(=O)c1ccc2ccccc2c1)Nc1nnc(C(F)(F)F)s1. The van der Waals surface area contributed by atoms with Crippen molar-refractivity contribution in [1.82, 2.24) is 10.2 Å². The summed E-state index contributed by atoms with van der Waals surface area (Å²) in [6.07, 6.45) is -4.68. The van der Waals surface area contributed by atoms with Gasteiger partial charge in [0.15, 0.2) is 9.84 Å². The Morgan fingerprint density at radius 3 is 2.42 bits per heavy atom. The Balaban J connectivity index is 1.75. The molecule has 11 heteroatoms. The van der Waals surface area contributed by atoms with Crippen LogP contribution in [-0.2, 0) is 20.8 Å². The fraction of sp³-hybridized carbons (Fsp3) is 0.133. The number of amides is 1. The van der Waals surface area contributed by atoms with Crippen molar-refractivity contribution in [2.24, 2.45) is 0 Å². The molecule has 0 saturated heterocycles. The molecule has 3 aromatic rings. The fourth-order valence-electron chi connectivity index (χ4n) is 2.16. The summed E-state index contributed by atoms with van der Waals surface area (Å²) in [5.41, 5.74) is 0. The molecule has 1 amide bonds. The summed E-state index contributed by atoms with van der Waals surface area (Å²) in [5.74, 6) is -1.92. The summed E-state index contributed by atoms with van der Waals surface area (Å²) in [4.78, 5) is 11.8. The third kappa shape index (κ3) is 3.99. The number of carbonyl (C=O) groups excluding carboxylic acids is 1. The molecule has 1 heterocycles. The summed E-state index contributed by atoms with van der Waals surface area (Å²) in [6.45, 7) is 0. The first kappa shape index (κ1) is 18.3. The lowest BCUT2D eigenvalue weighted by Crippen LogP contribution is -2.23. The number of hydrogen-bond acceptors (Lipinski definition) is 6. The van der Waals surface area contributed by atoms with Crippen molar-refractivity contribution in [1.29, 1.82) is 0 Å². The number of aromatic nitrogens is 2. The third-order valence-electron chi connectivity index (χ3n) is 3.32. The van der Waals surface area contributed by atoms with Crippen LogP contribution < -0.4 is 5.32 Å². The maximum absolute atomic E-state index is 12.5. The van der Waals surface area contributed by atoms with Crippen molar-refractivity contribution in [2.45, 2.75) is 11.1 Å². The van der Waals surface area contributed by atoms with Crippen LogP contribution in [-0.4, -0.2) is 30.3 Å². The normalized spacial score (nSPS) is 12.3. The van der Waals surface area contributed by atoms with Crippen LogP contribution in [0.4, 0.5) is 18.3 Å². The first-order chi connectivity index (χ1) is 12.1. The maximum Gasteiger partial charge on any atom is 0.445 e. The molecule has 0 aliphatic rings. The Labute approximate surface area is 149 Å². The number of carbonyl (C=O) groups is 1. The summed E-state index contributed by atoms with van der Waals surface area (Å²) >= 11 is 0.118. The van der Waals surface area contributed by atoms with E-state index < -0.39 is 37.8 Å². The molecule has 26 heavy (non-hydrogen) atoms. The monoisotopic (exact) mass is 401 g/mol. The Morgan fingerprint density at radius 2 is 1.77 bits per heavy atom. The Kier molecular flexibility index (Phi) is 4.67. The number of alkyl halides is 3. The molecule has 136 valence electrons. The van der Waals surface area contributed by atoms with Gasteiger partial charge in [0, 0.05) is 0 Å². The lowest BCUT2D eigenvalue weighted by Gasteiger charge is -2.06. The van der Waals surface area contributed by atoms with Gasteiger partial charge in [-0.2, -0.15) is 13.2 Å². The topological polar surface area (TPSA) is 89.0 Å². The van der Waals surface area contributed by atoms with E-state index in [2.05, 4.69) is 10.2 Å². The molecule has 0 fully saturated rings. The predicted octanol–water partition coefficient (Wildman–Crippen LogP) is 3.12.